The summed E-state index contributed by atoms with van der Waals surface area (Å²) < 4.78 is 13.6. The predicted molar refractivity (Wildman–Crippen MR) is 81.5 cm³/mol. The monoisotopic (exact) mass is 328 g/mol. The van der Waals surface area contributed by atoms with E-state index in [4.69, 9.17) is 16.7 Å². The summed E-state index contributed by atoms with van der Waals surface area (Å²) in [4.78, 5) is 24.7. The fraction of sp³-hybridized carbons (Fsp3) is 0.467. The zero-order valence-electron chi connectivity index (χ0n) is 12.0. The quantitative estimate of drug-likeness (QED) is 0.871. The van der Waals surface area contributed by atoms with Crippen molar-refractivity contribution in [3.05, 3.63) is 29.0 Å². The van der Waals surface area contributed by atoms with Crippen molar-refractivity contribution in [2.75, 3.05) is 25.0 Å². The number of piperidine rings is 1. The summed E-state index contributed by atoms with van der Waals surface area (Å²) in [6.45, 7) is 1.87. The number of amides is 1. The molecule has 1 aromatic rings. The van der Waals surface area contributed by atoms with Crippen molar-refractivity contribution in [3.8, 4) is 0 Å². The number of nitrogens with one attached hydrogen (secondary N) is 1. The molecule has 0 unspecified atom stereocenters. The first-order valence-electron chi connectivity index (χ1n) is 7.16. The molecule has 1 aliphatic rings. The molecule has 1 saturated heterocycles. The highest BCUT2D eigenvalue weighted by atomic mass is 35.5. The van der Waals surface area contributed by atoms with E-state index in [0.717, 1.165) is 6.07 Å². The summed E-state index contributed by atoms with van der Waals surface area (Å²) >= 11 is 5.65. The topological polar surface area (TPSA) is 69.6 Å². The van der Waals surface area contributed by atoms with Crippen molar-refractivity contribution in [1.82, 2.24) is 4.90 Å². The number of nitrogens with zero attached hydrogens (tertiary/aromatic N) is 1. The number of likely N-dealkylation sites (tertiary alicyclic amines) is 1. The lowest BCUT2D eigenvalue weighted by atomic mass is 9.97. The Morgan fingerprint density at radius 2 is 2.05 bits per heavy atom. The smallest absolute Gasteiger partial charge is 0.306 e. The Hall–Kier alpha value is -1.66. The minimum absolute atomic E-state index is 0.110. The second-order valence-corrected chi connectivity index (χ2v) is 5.81. The van der Waals surface area contributed by atoms with Gasteiger partial charge in [0, 0.05) is 18.0 Å². The molecule has 5 nitrogen and oxygen atoms in total. The van der Waals surface area contributed by atoms with Gasteiger partial charge in [0.2, 0.25) is 5.91 Å². The SMILES string of the molecule is O=C(CCN1CCC(C(=O)O)CC1)Nc1ccc(Cl)cc1F. The maximum atomic E-state index is 13.6. The zero-order valence-corrected chi connectivity index (χ0v) is 12.8. The van der Waals surface area contributed by atoms with Gasteiger partial charge in [-0.3, -0.25) is 9.59 Å². The molecular weight excluding hydrogens is 311 g/mol. The Morgan fingerprint density at radius 3 is 2.64 bits per heavy atom. The van der Waals surface area contributed by atoms with Crippen LogP contribution in [0.3, 0.4) is 0 Å². The van der Waals surface area contributed by atoms with Gasteiger partial charge in [-0.2, -0.15) is 0 Å². The number of hydrogen-bond donors (Lipinski definition) is 2. The van der Waals surface area contributed by atoms with Crippen molar-refractivity contribution in [2.24, 2.45) is 5.92 Å². The Bertz CT molecular complexity index is 560. The maximum absolute atomic E-state index is 13.6. The van der Waals surface area contributed by atoms with E-state index < -0.39 is 11.8 Å². The molecule has 0 saturated carbocycles. The van der Waals surface area contributed by atoms with Crippen LogP contribution in [0.1, 0.15) is 19.3 Å². The van der Waals surface area contributed by atoms with Gasteiger partial charge in [-0.15, -0.1) is 0 Å². The molecule has 0 atom stereocenters. The van der Waals surface area contributed by atoms with Crippen LogP contribution in [0.15, 0.2) is 18.2 Å². The number of carbonyl (C=O) groups excluding carboxylic acids is 1. The molecule has 2 rings (SSSR count). The average molecular weight is 329 g/mol. The predicted octanol–water partition coefficient (Wildman–Crippen LogP) is 2.60. The first kappa shape index (κ1) is 16.7. The highest BCUT2D eigenvalue weighted by molar-refractivity contribution is 6.30. The fourth-order valence-corrected chi connectivity index (χ4v) is 2.63. The third-order valence-corrected chi connectivity index (χ3v) is 4.03. The van der Waals surface area contributed by atoms with Crippen LogP contribution in [0.4, 0.5) is 10.1 Å². The van der Waals surface area contributed by atoms with Crippen LogP contribution in [0.2, 0.25) is 5.02 Å². The van der Waals surface area contributed by atoms with Gasteiger partial charge in [0.25, 0.3) is 0 Å². The fourth-order valence-electron chi connectivity index (χ4n) is 2.47. The van der Waals surface area contributed by atoms with E-state index in [9.17, 15) is 14.0 Å². The number of rotatable bonds is 5. The Balaban J connectivity index is 1.75. The number of benzene rings is 1. The Morgan fingerprint density at radius 1 is 1.36 bits per heavy atom. The van der Waals surface area contributed by atoms with E-state index in [0.29, 0.717) is 32.5 Å². The van der Waals surface area contributed by atoms with E-state index >= 15 is 0 Å². The van der Waals surface area contributed by atoms with Gasteiger partial charge >= 0.3 is 5.97 Å². The normalized spacial score (nSPS) is 16.5. The van der Waals surface area contributed by atoms with Gasteiger partial charge in [-0.25, -0.2) is 4.39 Å². The summed E-state index contributed by atoms with van der Waals surface area (Å²) in [7, 11) is 0. The highest BCUT2D eigenvalue weighted by Crippen LogP contribution is 2.20. The summed E-state index contributed by atoms with van der Waals surface area (Å²) in [5, 5.41) is 11.7. The van der Waals surface area contributed by atoms with Crippen molar-refractivity contribution < 1.29 is 19.1 Å². The van der Waals surface area contributed by atoms with E-state index in [1.807, 2.05) is 0 Å². The van der Waals surface area contributed by atoms with Gasteiger partial charge in [-0.05, 0) is 44.1 Å². The maximum Gasteiger partial charge on any atom is 0.306 e. The van der Waals surface area contributed by atoms with Crippen molar-refractivity contribution in [2.45, 2.75) is 19.3 Å². The number of carbonyl (C=O) groups is 2. The van der Waals surface area contributed by atoms with Crippen molar-refractivity contribution in [1.29, 1.82) is 0 Å². The van der Waals surface area contributed by atoms with Crippen molar-refractivity contribution >= 4 is 29.2 Å². The minimum Gasteiger partial charge on any atom is -0.481 e. The van der Waals surface area contributed by atoms with Crippen molar-refractivity contribution in [3.63, 3.8) is 0 Å². The van der Waals surface area contributed by atoms with Crippen LogP contribution in [0, 0.1) is 11.7 Å². The second-order valence-electron chi connectivity index (χ2n) is 5.38. The van der Waals surface area contributed by atoms with E-state index in [1.54, 1.807) is 0 Å². The molecule has 120 valence electrons. The molecule has 0 aromatic heterocycles. The average Bonchev–Trinajstić information content (AvgIpc) is 2.48. The van der Waals surface area contributed by atoms with Crippen LogP contribution in [-0.2, 0) is 9.59 Å². The highest BCUT2D eigenvalue weighted by Gasteiger charge is 2.24. The Labute approximate surface area is 133 Å². The third-order valence-electron chi connectivity index (χ3n) is 3.80. The molecule has 0 radical (unpaired) electrons. The number of hydrogen-bond acceptors (Lipinski definition) is 3. The molecule has 1 aromatic carbocycles. The van der Waals surface area contributed by atoms with Crippen LogP contribution in [0.5, 0.6) is 0 Å². The van der Waals surface area contributed by atoms with Crippen LogP contribution in [0.25, 0.3) is 0 Å². The van der Waals surface area contributed by atoms with Gasteiger partial charge in [0.05, 0.1) is 11.6 Å². The first-order valence-corrected chi connectivity index (χ1v) is 7.53. The summed E-state index contributed by atoms with van der Waals surface area (Å²) in [5.74, 6) is -1.88. The van der Waals surface area contributed by atoms with Gasteiger partial charge in [0.1, 0.15) is 5.82 Å². The lowest BCUT2D eigenvalue weighted by molar-refractivity contribution is -0.143. The molecule has 1 aliphatic heterocycles. The number of anilines is 1. The first-order chi connectivity index (χ1) is 10.5. The van der Waals surface area contributed by atoms with Gasteiger partial charge in [-0.1, -0.05) is 11.6 Å². The third kappa shape index (κ3) is 4.68. The second kappa shape index (κ2) is 7.56. The van der Waals surface area contributed by atoms with Crippen LogP contribution >= 0.6 is 11.6 Å². The lowest BCUT2D eigenvalue weighted by Gasteiger charge is -2.29. The lowest BCUT2D eigenvalue weighted by Crippen LogP contribution is -2.37. The van der Waals surface area contributed by atoms with Crippen LogP contribution < -0.4 is 5.32 Å². The number of aliphatic carboxylic acids is 1. The van der Waals surface area contributed by atoms with Gasteiger partial charge < -0.3 is 15.3 Å². The molecule has 2 N–H and O–H groups in total. The molecular formula is C15H18ClFN2O3. The van der Waals surface area contributed by atoms with Gasteiger partial charge in [0.15, 0.2) is 0 Å². The largest absolute Gasteiger partial charge is 0.481 e. The molecule has 22 heavy (non-hydrogen) atoms. The number of carboxylic acid groups (broad SMARTS) is 1. The van der Waals surface area contributed by atoms with E-state index in [-0.39, 0.29) is 29.0 Å². The number of carboxylic acids is 1. The molecule has 0 aliphatic carbocycles. The summed E-state index contributed by atoms with van der Waals surface area (Å²) in [6, 6.07) is 4.08. The minimum atomic E-state index is -0.754. The van der Waals surface area contributed by atoms with Crippen LogP contribution in [-0.4, -0.2) is 41.5 Å². The molecule has 1 amide bonds. The van der Waals surface area contributed by atoms with E-state index in [2.05, 4.69) is 10.2 Å². The molecule has 7 heteroatoms. The summed E-state index contributed by atoms with van der Waals surface area (Å²) in [6.07, 6.45) is 1.44. The number of halogens is 2. The molecule has 1 heterocycles. The summed E-state index contributed by atoms with van der Waals surface area (Å²) in [5.41, 5.74) is 0.110. The molecule has 1 fully saturated rings. The van der Waals surface area contributed by atoms with E-state index in [1.165, 1.54) is 12.1 Å². The molecule has 0 bridgehead atoms. The standard InChI is InChI=1S/C15H18ClFN2O3/c16-11-1-2-13(12(17)9-11)18-14(20)5-8-19-6-3-10(4-7-19)15(21)22/h1-2,9-10H,3-8H2,(H,18,20)(H,21,22). The molecule has 0 spiro atoms. The Kier molecular flexibility index (Phi) is 5.74. The zero-order chi connectivity index (χ0) is 16.1.